The molecule has 0 bridgehead atoms. The Bertz CT molecular complexity index is 1000. The van der Waals surface area contributed by atoms with Gasteiger partial charge in [-0.05, 0) is 42.2 Å². The number of nitrogens with one attached hydrogen (secondary N) is 1. The highest BCUT2D eigenvalue weighted by Crippen LogP contribution is 2.21. The summed E-state index contributed by atoms with van der Waals surface area (Å²) in [5.74, 6) is 0.409. The lowest BCUT2D eigenvalue weighted by Gasteiger charge is -2.33. The number of benzene rings is 2. The van der Waals surface area contributed by atoms with E-state index in [2.05, 4.69) is 43.4 Å². The predicted molar refractivity (Wildman–Crippen MR) is 124 cm³/mol. The number of piperazine rings is 1. The molecule has 1 N–H and O–H groups in total. The maximum absolute atomic E-state index is 12.8. The molecule has 0 spiro atoms. The van der Waals surface area contributed by atoms with Gasteiger partial charge < -0.3 is 5.32 Å². The van der Waals surface area contributed by atoms with E-state index in [9.17, 15) is 13.2 Å². The minimum atomic E-state index is -3.58. The first-order chi connectivity index (χ1) is 14.7. The average Bonchev–Trinajstić information content (AvgIpc) is 2.74. The third-order valence-corrected chi connectivity index (χ3v) is 7.74. The van der Waals surface area contributed by atoms with Gasteiger partial charge in [0.1, 0.15) is 0 Å². The number of amides is 1. The Morgan fingerprint density at radius 1 is 1.00 bits per heavy atom. The zero-order valence-electron chi connectivity index (χ0n) is 18.2. The number of hydrogen-bond donors (Lipinski definition) is 1. The van der Waals surface area contributed by atoms with Crippen molar-refractivity contribution in [3.8, 4) is 0 Å². The van der Waals surface area contributed by atoms with E-state index < -0.39 is 10.0 Å². The van der Waals surface area contributed by atoms with Crippen LogP contribution in [-0.2, 0) is 14.8 Å². The van der Waals surface area contributed by atoms with Crippen LogP contribution >= 0.6 is 11.6 Å². The summed E-state index contributed by atoms with van der Waals surface area (Å²) in [5, 5.41) is 3.43. The van der Waals surface area contributed by atoms with Crippen molar-refractivity contribution in [2.45, 2.75) is 37.6 Å². The van der Waals surface area contributed by atoms with E-state index in [4.69, 9.17) is 11.6 Å². The molecule has 0 unspecified atom stereocenters. The highest BCUT2D eigenvalue weighted by atomic mass is 35.5. The molecule has 1 fully saturated rings. The molecule has 31 heavy (non-hydrogen) atoms. The van der Waals surface area contributed by atoms with Crippen LogP contribution in [0, 0.1) is 0 Å². The summed E-state index contributed by atoms with van der Waals surface area (Å²) in [5.41, 5.74) is 2.34. The zero-order chi connectivity index (χ0) is 22.6. The van der Waals surface area contributed by atoms with Gasteiger partial charge in [0.2, 0.25) is 15.9 Å². The Labute approximate surface area is 190 Å². The predicted octanol–water partition coefficient (Wildman–Crippen LogP) is 3.65. The maximum atomic E-state index is 12.8. The maximum Gasteiger partial charge on any atom is 0.243 e. The van der Waals surface area contributed by atoms with Crippen LogP contribution in [0.25, 0.3) is 0 Å². The molecule has 1 aliphatic rings. The van der Waals surface area contributed by atoms with Crippen LogP contribution in [-0.4, -0.2) is 56.3 Å². The molecule has 0 saturated carbocycles. The summed E-state index contributed by atoms with van der Waals surface area (Å²) in [7, 11) is -3.58. The lowest BCUT2D eigenvalue weighted by Crippen LogP contribution is -2.51. The molecule has 0 aliphatic carbocycles. The monoisotopic (exact) mass is 463 g/mol. The smallest absolute Gasteiger partial charge is 0.243 e. The molecule has 1 amide bonds. The Hall–Kier alpha value is -1.93. The summed E-state index contributed by atoms with van der Waals surface area (Å²) in [6.45, 7) is 8.22. The van der Waals surface area contributed by atoms with Gasteiger partial charge in [-0.3, -0.25) is 9.69 Å². The molecule has 3 rings (SSSR count). The van der Waals surface area contributed by atoms with Crippen LogP contribution in [0.3, 0.4) is 0 Å². The first-order valence-electron chi connectivity index (χ1n) is 10.5. The van der Waals surface area contributed by atoms with E-state index in [0.29, 0.717) is 37.1 Å². The molecule has 1 heterocycles. The van der Waals surface area contributed by atoms with Crippen LogP contribution in [0.2, 0.25) is 5.02 Å². The Kier molecular flexibility index (Phi) is 7.75. The highest BCUT2D eigenvalue weighted by Gasteiger charge is 2.29. The van der Waals surface area contributed by atoms with Crippen LogP contribution < -0.4 is 5.32 Å². The molecule has 6 nitrogen and oxygen atoms in total. The van der Waals surface area contributed by atoms with Crippen LogP contribution in [0.5, 0.6) is 0 Å². The second kappa shape index (κ2) is 10.1. The van der Waals surface area contributed by atoms with Crippen molar-refractivity contribution in [1.29, 1.82) is 0 Å². The molecule has 0 radical (unpaired) electrons. The number of carbonyl (C=O) groups excluding carboxylic acids is 1. The third kappa shape index (κ3) is 6.07. The summed E-state index contributed by atoms with van der Waals surface area (Å²) in [4.78, 5) is 14.7. The Morgan fingerprint density at radius 2 is 1.61 bits per heavy atom. The van der Waals surface area contributed by atoms with Crippen LogP contribution in [0.15, 0.2) is 53.4 Å². The highest BCUT2D eigenvalue weighted by molar-refractivity contribution is 7.89. The topological polar surface area (TPSA) is 69.7 Å². The average molecular weight is 464 g/mol. The molecular formula is C23H30ClN3O3S. The second-order valence-corrected chi connectivity index (χ2v) is 10.6. The van der Waals surface area contributed by atoms with Gasteiger partial charge in [0, 0.05) is 31.2 Å². The van der Waals surface area contributed by atoms with Crippen molar-refractivity contribution < 1.29 is 13.2 Å². The van der Waals surface area contributed by atoms with Crippen molar-refractivity contribution in [3.05, 3.63) is 64.7 Å². The van der Waals surface area contributed by atoms with Gasteiger partial charge in [-0.25, -0.2) is 8.42 Å². The molecular weight excluding hydrogens is 434 g/mol. The van der Waals surface area contributed by atoms with E-state index in [1.807, 2.05) is 11.8 Å². The van der Waals surface area contributed by atoms with Gasteiger partial charge >= 0.3 is 0 Å². The molecule has 2 aromatic carbocycles. The summed E-state index contributed by atoms with van der Waals surface area (Å²) in [6, 6.07) is 14.5. The number of nitrogens with zero attached hydrogens (tertiary/aromatic N) is 2. The van der Waals surface area contributed by atoms with E-state index in [0.717, 1.165) is 5.56 Å². The fourth-order valence-corrected chi connectivity index (χ4v) is 5.37. The summed E-state index contributed by atoms with van der Waals surface area (Å²) < 4.78 is 27.1. The first kappa shape index (κ1) is 23.7. The number of rotatable bonds is 7. The lowest BCUT2D eigenvalue weighted by atomic mass is 9.99. The van der Waals surface area contributed by atoms with Crippen molar-refractivity contribution in [3.63, 3.8) is 0 Å². The van der Waals surface area contributed by atoms with E-state index in [1.165, 1.54) is 15.9 Å². The zero-order valence-corrected chi connectivity index (χ0v) is 19.8. The van der Waals surface area contributed by atoms with Crippen molar-refractivity contribution >= 4 is 27.5 Å². The van der Waals surface area contributed by atoms with Gasteiger partial charge in [0.25, 0.3) is 0 Å². The van der Waals surface area contributed by atoms with Crippen molar-refractivity contribution in [2.75, 3.05) is 32.7 Å². The number of halogens is 1. The number of carbonyl (C=O) groups is 1. The quantitative estimate of drug-likeness (QED) is 0.680. The number of sulfonamides is 1. The molecule has 8 heteroatoms. The van der Waals surface area contributed by atoms with E-state index >= 15 is 0 Å². The van der Waals surface area contributed by atoms with Crippen molar-refractivity contribution in [2.24, 2.45) is 0 Å². The SMILES string of the molecule is CC(C)c1ccc([C@H](C)NC(=O)CN2CCN(S(=O)(=O)c3cccc(Cl)c3)CC2)cc1. The molecule has 1 aliphatic heterocycles. The van der Waals surface area contributed by atoms with Crippen LogP contribution in [0.1, 0.15) is 43.9 Å². The Balaban J connectivity index is 1.50. The molecule has 2 aromatic rings. The van der Waals surface area contributed by atoms with Gasteiger partial charge in [-0.15, -0.1) is 0 Å². The molecule has 0 aromatic heterocycles. The molecule has 168 valence electrons. The minimum absolute atomic E-state index is 0.0633. The van der Waals surface area contributed by atoms with E-state index in [1.54, 1.807) is 18.2 Å². The summed E-state index contributed by atoms with van der Waals surface area (Å²) in [6.07, 6.45) is 0. The van der Waals surface area contributed by atoms with Gasteiger partial charge in [0.05, 0.1) is 17.5 Å². The Morgan fingerprint density at radius 3 is 2.19 bits per heavy atom. The fraction of sp³-hybridized carbons (Fsp3) is 0.435. The normalized spacial score (nSPS) is 16.9. The number of hydrogen-bond acceptors (Lipinski definition) is 4. The third-order valence-electron chi connectivity index (χ3n) is 5.61. The van der Waals surface area contributed by atoms with Crippen molar-refractivity contribution in [1.82, 2.24) is 14.5 Å². The largest absolute Gasteiger partial charge is 0.348 e. The van der Waals surface area contributed by atoms with Gasteiger partial charge in [0.15, 0.2) is 0 Å². The van der Waals surface area contributed by atoms with Gasteiger partial charge in [-0.1, -0.05) is 55.8 Å². The summed E-state index contributed by atoms with van der Waals surface area (Å²) >= 11 is 5.94. The van der Waals surface area contributed by atoms with E-state index in [-0.39, 0.29) is 23.4 Å². The fourth-order valence-electron chi connectivity index (χ4n) is 3.65. The molecule has 1 atom stereocenters. The molecule has 1 saturated heterocycles. The lowest BCUT2D eigenvalue weighted by molar-refractivity contribution is -0.123. The first-order valence-corrected chi connectivity index (χ1v) is 12.4. The standard InChI is InChI=1S/C23H30ClN3O3S/c1-17(2)19-7-9-20(10-8-19)18(3)25-23(28)16-26-11-13-27(14-12-26)31(29,30)22-6-4-5-21(24)15-22/h4-10,15,17-18H,11-14,16H2,1-3H3,(H,25,28)/t18-/m0/s1. The van der Waals surface area contributed by atoms with Crippen LogP contribution in [0.4, 0.5) is 0 Å². The minimum Gasteiger partial charge on any atom is -0.348 e. The van der Waals surface area contributed by atoms with Gasteiger partial charge in [-0.2, -0.15) is 4.31 Å². The second-order valence-electron chi connectivity index (χ2n) is 8.25.